The van der Waals surface area contributed by atoms with E-state index in [0.717, 1.165) is 17.3 Å². The topological polar surface area (TPSA) is 40.5 Å². The molecule has 1 atom stereocenters. The van der Waals surface area contributed by atoms with Crippen molar-refractivity contribution in [2.24, 2.45) is 5.41 Å². The molecule has 1 aliphatic heterocycles. The van der Waals surface area contributed by atoms with Gasteiger partial charge >= 0.3 is 6.09 Å². The van der Waals surface area contributed by atoms with Crippen LogP contribution in [0.4, 0.5) is 4.79 Å². The van der Waals surface area contributed by atoms with Gasteiger partial charge < -0.3 is 10.0 Å². The fraction of sp³-hybridized carbons (Fsp3) is 0.500. The quantitative estimate of drug-likeness (QED) is 0.859. The summed E-state index contributed by atoms with van der Waals surface area (Å²) >= 11 is 3.45. The highest BCUT2D eigenvalue weighted by molar-refractivity contribution is 9.10. The zero-order valence-corrected chi connectivity index (χ0v) is 11.7. The molecule has 1 amide bonds. The molecule has 1 aliphatic carbocycles. The van der Waals surface area contributed by atoms with E-state index in [9.17, 15) is 4.79 Å². The van der Waals surface area contributed by atoms with Crippen LogP contribution in [-0.4, -0.2) is 29.2 Å². The van der Waals surface area contributed by atoms with E-state index in [2.05, 4.69) is 40.2 Å². The van der Waals surface area contributed by atoms with Crippen LogP contribution in [0.15, 0.2) is 28.7 Å². The first kappa shape index (κ1) is 12.0. The van der Waals surface area contributed by atoms with E-state index in [-0.39, 0.29) is 0 Å². The van der Waals surface area contributed by atoms with E-state index >= 15 is 0 Å². The third kappa shape index (κ3) is 2.03. The molecule has 1 saturated carbocycles. The normalized spacial score (nSPS) is 25.2. The molecule has 1 heterocycles. The second-order valence-electron chi connectivity index (χ2n) is 5.44. The largest absolute Gasteiger partial charge is 0.465 e. The maximum Gasteiger partial charge on any atom is 0.407 e. The number of nitrogens with zero attached hydrogens (tertiary/aromatic N) is 1. The van der Waals surface area contributed by atoms with Crippen molar-refractivity contribution >= 4 is 22.0 Å². The van der Waals surface area contributed by atoms with Gasteiger partial charge in [-0.2, -0.15) is 0 Å². The number of rotatable bonds is 1. The fourth-order valence-corrected chi connectivity index (χ4v) is 3.47. The van der Waals surface area contributed by atoms with Crippen molar-refractivity contribution in [2.45, 2.75) is 25.2 Å². The second-order valence-corrected chi connectivity index (χ2v) is 6.36. The Bertz CT molecular complexity index is 463. The Kier molecular flexibility index (Phi) is 2.85. The lowest BCUT2D eigenvalue weighted by Gasteiger charge is -2.31. The highest BCUT2D eigenvalue weighted by Crippen LogP contribution is 2.64. The molecule has 4 heteroatoms. The minimum absolute atomic E-state index is 0.389. The zero-order chi connectivity index (χ0) is 12.8. The van der Waals surface area contributed by atoms with Gasteiger partial charge in [0.25, 0.3) is 0 Å². The van der Waals surface area contributed by atoms with Crippen LogP contribution in [0, 0.1) is 5.41 Å². The molecule has 2 aliphatic rings. The van der Waals surface area contributed by atoms with Crippen molar-refractivity contribution in [3.63, 3.8) is 0 Å². The third-order valence-electron chi connectivity index (χ3n) is 4.49. The second kappa shape index (κ2) is 4.26. The van der Waals surface area contributed by atoms with Crippen LogP contribution in [-0.2, 0) is 0 Å². The molecule has 96 valence electrons. The van der Waals surface area contributed by atoms with Gasteiger partial charge in [0.15, 0.2) is 0 Å². The summed E-state index contributed by atoms with van der Waals surface area (Å²) in [5.41, 5.74) is 1.79. The molecule has 1 aromatic rings. The van der Waals surface area contributed by atoms with Crippen molar-refractivity contribution in [3.05, 3.63) is 34.3 Å². The van der Waals surface area contributed by atoms with Gasteiger partial charge in [0.1, 0.15) is 0 Å². The average Bonchev–Trinajstić information content (AvgIpc) is 3.04. The summed E-state index contributed by atoms with van der Waals surface area (Å²) in [5, 5.41) is 8.96. The van der Waals surface area contributed by atoms with Gasteiger partial charge in [-0.1, -0.05) is 28.1 Å². The van der Waals surface area contributed by atoms with Gasteiger partial charge in [-0.3, -0.25) is 0 Å². The summed E-state index contributed by atoms with van der Waals surface area (Å²) in [5.74, 6) is 0.640. The summed E-state index contributed by atoms with van der Waals surface area (Å²) in [6.07, 6.45) is 2.48. The number of benzene rings is 1. The average molecular weight is 310 g/mol. The Hall–Kier alpha value is -1.03. The van der Waals surface area contributed by atoms with Crippen LogP contribution < -0.4 is 0 Å². The first-order valence-corrected chi connectivity index (χ1v) is 7.13. The van der Waals surface area contributed by atoms with Crippen LogP contribution in [0.1, 0.15) is 30.7 Å². The molecular formula is C14H16BrNO2. The first-order chi connectivity index (χ1) is 8.61. The van der Waals surface area contributed by atoms with Gasteiger partial charge in [0.2, 0.25) is 0 Å². The van der Waals surface area contributed by atoms with Gasteiger partial charge in [-0.25, -0.2) is 4.79 Å². The Labute approximate surface area is 115 Å². The van der Waals surface area contributed by atoms with Crippen LogP contribution in [0.5, 0.6) is 0 Å². The van der Waals surface area contributed by atoms with E-state index in [1.165, 1.54) is 12.0 Å². The molecule has 0 bridgehead atoms. The van der Waals surface area contributed by atoms with Crippen molar-refractivity contribution in [2.75, 3.05) is 13.1 Å². The van der Waals surface area contributed by atoms with Crippen LogP contribution in [0.2, 0.25) is 0 Å². The predicted molar refractivity (Wildman–Crippen MR) is 72.8 cm³/mol. The van der Waals surface area contributed by atoms with E-state index in [0.29, 0.717) is 24.4 Å². The van der Waals surface area contributed by atoms with E-state index in [1.54, 1.807) is 4.90 Å². The van der Waals surface area contributed by atoms with Crippen molar-refractivity contribution in [3.8, 4) is 0 Å². The molecule has 1 saturated heterocycles. The fourth-order valence-electron chi connectivity index (χ4n) is 3.21. The summed E-state index contributed by atoms with van der Waals surface area (Å²) in [7, 11) is 0. The highest BCUT2D eigenvalue weighted by Gasteiger charge is 2.55. The molecule has 2 fully saturated rings. The molecule has 0 unspecified atom stereocenters. The van der Waals surface area contributed by atoms with Gasteiger partial charge in [-0.15, -0.1) is 0 Å². The number of likely N-dealkylation sites (tertiary alicyclic amines) is 1. The Morgan fingerprint density at radius 1 is 1.28 bits per heavy atom. The van der Waals surface area contributed by atoms with Crippen molar-refractivity contribution in [1.29, 1.82) is 0 Å². The summed E-state index contributed by atoms with van der Waals surface area (Å²) in [6.45, 7) is 1.39. The smallest absolute Gasteiger partial charge is 0.407 e. The predicted octanol–water partition coefficient (Wildman–Crippen LogP) is 3.70. The maximum absolute atomic E-state index is 10.9. The minimum Gasteiger partial charge on any atom is -0.465 e. The zero-order valence-electron chi connectivity index (χ0n) is 10.1. The van der Waals surface area contributed by atoms with Crippen LogP contribution >= 0.6 is 15.9 Å². The molecule has 1 N–H and O–H groups in total. The van der Waals surface area contributed by atoms with Gasteiger partial charge in [-0.05, 0) is 48.3 Å². The number of hydrogen-bond acceptors (Lipinski definition) is 1. The van der Waals surface area contributed by atoms with Gasteiger partial charge in [0, 0.05) is 17.6 Å². The summed E-state index contributed by atoms with van der Waals surface area (Å²) < 4.78 is 1.11. The standard InChI is InChI=1S/C14H16BrNO2/c15-11-3-1-10(2-4-11)12-9-14(12)5-7-16(8-6-14)13(17)18/h1-4,12H,5-9H2,(H,17,18)/t12-/m0/s1. The van der Waals surface area contributed by atoms with Crippen LogP contribution in [0.3, 0.4) is 0 Å². The highest BCUT2D eigenvalue weighted by atomic mass is 79.9. The molecule has 0 radical (unpaired) electrons. The SMILES string of the molecule is O=C(O)N1CCC2(CC1)C[C@H]2c1ccc(Br)cc1. The molecule has 3 rings (SSSR count). The Morgan fingerprint density at radius 3 is 2.44 bits per heavy atom. The lowest BCUT2D eigenvalue weighted by molar-refractivity contribution is 0.119. The summed E-state index contributed by atoms with van der Waals surface area (Å²) in [4.78, 5) is 12.4. The molecule has 3 nitrogen and oxygen atoms in total. The first-order valence-electron chi connectivity index (χ1n) is 6.34. The minimum atomic E-state index is -0.773. The van der Waals surface area contributed by atoms with Crippen LogP contribution in [0.25, 0.3) is 0 Å². The Balaban J connectivity index is 1.67. The number of piperidine rings is 1. The van der Waals surface area contributed by atoms with E-state index < -0.39 is 6.09 Å². The number of carbonyl (C=O) groups is 1. The van der Waals surface area contributed by atoms with E-state index in [1.807, 2.05) is 0 Å². The Morgan fingerprint density at radius 2 is 1.89 bits per heavy atom. The van der Waals surface area contributed by atoms with E-state index in [4.69, 9.17) is 5.11 Å². The molecule has 1 spiro atoms. The number of hydrogen-bond donors (Lipinski definition) is 1. The molecule has 0 aromatic heterocycles. The van der Waals surface area contributed by atoms with Crippen molar-refractivity contribution < 1.29 is 9.90 Å². The monoisotopic (exact) mass is 309 g/mol. The maximum atomic E-state index is 10.9. The van der Waals surface area contributed by atoms with Gasteiger partial charge in [0.05, 0.1) is 0 Å². The third-order valence-corrected chi connectivity index (χ3v) is 5.02. The van der Waals surface area contributed by atoms with Crippen molar-refractivity contribution in [1.82, 2.24) is 4.90 Å². The lowest BCUT2D eigenvalue weighted by atomic mass is 9.89. The molecule has 1 aromatic carbocycles. The molecule has 18 heavy (non-hydrogen) atoms. The number of carboxylic acid groups (broad SMARTS) is 1. The summed E-state index contributed by atoms with van der Waals surface area (Å²) in [6, 6.07) is 8.56. The molecular weight excluding hydrogens is 294 g/mol. The number of halogens is 1. The number of amides is 1. The lowest BCUT2D eigenvalue weighted by Crippen LogP contribution is -2.38.